The van der Waals surface area contributed by atoms with E-state index >= 15 is 0 Å². The van der Waals surface area contributed by atoms with Crippen LogP contribution in [-0.4, -0.2) is 13.0 Å². The Bertz CT molecular complexity index is 504. The van der Waals surface area contributed by atoms with Crippen molar-refractivity contribution in [1.29, 1.82) is 5.26 Å². The summed E-state index contributed by atoms with van der Waals surface area (Å²) in [5.74, 6) is -0.557. The van der Waals surface area contributed by atoms with Crippen molar-refractivity contribution in [3.8, 4) is 11.8 Å². The Morgan fingerprint density at radius 2 is 2.29 bits per heavy atom. The van der Waals surface area contributed by atoms with Gasteiger partial charge in [-0.25, -0.2) is 4.39 Å². The molecule has 1 aromatic rings. The van der Waals surface area contributed by atoms with E-state index in [0.717, 1.165) is 0 Å². The van der Waals surface area contributed by atoms with Gasteiger partial charge in [-0.3, -0.25) is 4.79 Å². The smallest absolute Gasteiger partial charge is 0.244 e. The molecule has 4 nitrogen and oxygen atoms in total. The highest BCUT2D eigenvalue weighted by Crippen LogP contribution is 2.46. The highest BCUT2D eigenvalue weighted by atomic mass is 19.1. The number of halogens is 1. The molecule has 2 rings (SSSR count). The molecule has 1 amide bonds. The second-order valence-electron chi connectivity index (χ2n) is 3.99. The Balaban J connectivity index is 2.19. The standard InChI is InChI=1S/C12H11FN2O2/c1-17-10-6-8(13)2-3-9(10)15-11(16)12(7-14)4-5-12/h2-3,6H,4-5H2,1H3,(H,15,16). The van der Waals surface area contributed by atoms with Crippen molar-refractivity contribution in [2.75, 3.05) is 12.4 Å². The van der Waals surface area contributed by atoms with E-state index in [2.05, 4.69) is 5.32 Å². The van der Waals surface area contributed by atoms with Crippen LogP contribution >= 0.6 is 0 Å². The van der Waals surface area contributed by atoms with Crippen molar-refractivity contribution in [1.82, 2.24) is 0 Å². The molecule has 17 heavy (non-hydrogen) atoms. The fourth-order valence-corrected chi connectivity index (χ4v) is 1.52. The molecule has 0 unspecified atom stereocenters. The molecule has 0 aromatic heterocycles. The summed E-state index contributed by atoms with van der Waals surface area (Å²) in [4.78, 5) is 11.8. The summed E-state index contributed by atoms with van der Waals surface area (Å²) in [6, 6.07) is 5.82. The highest BCUT2D eigenvalue weighted by molar-refractivity contribution is 6.00. The molecule has 0 radical (unpaired) electrons. The third-order valence-electron chi connectivity index (χ3n) is 2.81. The topological polar surface area (TPSA) is 62.1 Å². The number of methoxy groups -OCH3 is 1. The van der Waals surface area contributed by atoms with Gasteiger partial charge in [0.1, 0.15) is 17.0 Å². The lowest BCUT2D eigenvalue weighted by Crippen LogP contribution is -2.23. The monoisotopic (exact) mass is 234 g/mol. The lowest BCUT2D eigenvalue weighted by atomic mass is 10.1. The number of nitrogens with one attached hydrogen (secondary N) is 1. The fraction of sp³-hybridized carbons (Fsp3) is 0.333. The van der Waals surface area contributed by atoms with Crippen LogP contribution in [-0.2, 0) is 4.79 Å². The maximum atomic E-state index is 12.9. The number of anilines is 1. The molecule has 0 heterocycles. The fourth-order valence-electron chi connectivity index (χ4n) is 1.52. The number of benzene rings is 1. The highest BCUT2D eigenvalue weighted by Gasteiger charge is 2.50. The average Bonchev–Trinajstić information content (AvgIpc) is 3.12. The SMILES string of the molecule is COc1cc(F)ccc1NC(=O)C1(C#N)CC1. The van der Waals surface area contributed by atoms with Gasteiger partial charge in [0.05, 0.1) is 18.9 Å². The van der Waals surface area contributed by atoms with Gasteiger partial charge in [0.25, 0.3) is 0 Å². The van der Waals surface area contributed by atoms with Crippen LogP contribution in [0.3, 0.4) is 0 Å². The van der Waals surface area contributed by atoms with E-state index in [4.69, 9.17) is 10.00 Å². The molecule has 1 aliphatic rings. The van der Waals surface area contributed by atoms with Crippen molar-refractivity contribution in [3.05, 3.63) is 24.0 Å². The first-order valence-corrected chi connectivity index (χ1v) is 5.17. The number of rotatable bonds is 3. The second kappa shape index (κ2) is 4.06. The molecule has 0 bridgehead atoms. The molecule has 0 aliphatic heterocycles. The van der Waals surface area contributed by atoms with E-state index in [1.54, 1.807) is 0 Å². The van der Waals surface area contributed by atoms with Crippen LogP contribution in [0.1, 0.15) is 12.8 Å². The Labute approximate surface area is 98.0 Å². The van der Waals surface area contributed by atoms with E-state index < -0.39 is 11.2 Å². The summed E-state index contributed by atoms with van der Waals surface area (Å²) in [6.07, 6.45) is 1.14. The molecule has 88 valence electrons. The lowest BCUT2D eigenvalue weighted by Gasteiger charge is -2.11. The number of hydrogen-bond donors (Lipinski definition) is 1. The van der Waals surface area contributed by atoms with E-state index in [-0.39, 0.29) is 11.7 Å². The van der Waals surface area contributed by atoms with Gasteiger partial charge >= 0.3 is 0 Å². The second-order valence-corrected chi connectivity index (χ2v) is 3.99. The average molecular weight is 234 g/mol. The van der Waals surface area contributed by atoms with Crippen molar-refractivity contribution < 1.29 is 13.9 Å². The first-order valence-electron chi connectivity index (χ1n) is 5.17. The summed E-state index contributed by atoms with van der Waals surface area (Å²) in [5, 5.41) is 11.5. The number of hydrogen-bond acceptors (Lipinski definition) is 3. The number of nitriles is 1. The van der Waals surface area contributed by atoms with Crippen molar-refractivity contribution >= 4 is 11.6 Å². The van der Waals surface area contributed by atoms with Gasteiger partial charge < -0.3 is 10.1 Å². The summed E-state index contributed by atoms with van der Waals surface area (Å²) in [5.41, 5.74) is -0.528. The van der Waals surface area contributed by atoms with Crippen LogP contribution in [0.25, 0.3) is 0 Å². The van der Waals surface area contributed by atoms with E-state index in [9.17, 15) is 9.18 Å². The maximum Gasteiger partial charge on any atom is 0.244 e. The Kier molecular flexibility index (Phi) is 2.72. The zero-order valence-electron chi connectivity index (χ0n) is 9.29. The van der Waals surface area contributed by atoms with E-state index in [1.807, 2.05) is 6.07 Å². The molecule has 1 aliphatic carbocycles. The van der Waals surface area contributed by atoms with Crippen LogP contribution in [0.2, 0.25) is 0 Å². The molecular weight excluding hydrogens is 223 g/mol. The first kappa shape index (κ1) is 11.4. The summed E-state index contributed by atoms with van der Waals surface area (Å²) in [7, 11) is 1.39. The first-order chi connectivity index (χ1) is 8.11. The van der Waals surface area contributed by atoms with Gasteiger partial charge in [0, 0.05) is 6.07 Å². The van der Waals surface area contributed by atoms with Gasteiger partial charge in [0.15, 0.2) is 0 Å². The molecular formula is C12H11FN2O2. The Morgan fingerprint density at radius 3 is 2.82 bits per heavy atom. The van der Waals surface area contributed by atoms with E-state index in [0.29, 0.717) is 18.5 Å². The minimum Gasteiger partial charge on any atom is -0.494 e. The maximum absolute atomic E-state index is 12.9. The summed E-state index contributed by atoms with van der Waals surface area (Å²) in [6.45, 7) is 0. The molecule has 5 heteroatoms. The van der Waals surface area contributed by atoms with E-state index in [1.165, 1.54) is 25.3 Å². The number of amides is 1. The van der Waals surface area contributed by atoms with Gasteiger partial charge in [-0.2, -0.15) is 5.26 Å². The van der Waals surface area contributed by atoms with Crippen LogP contribution in [0.4, 0.5) is 10.1 Å². The van der Waals surface area contributed by atoms with Crippen molar-refractivity contribution in [3.63, 3.8) is 0 Å². The quantitative estimate of drug-likeness (QED) is 0.870. The molecule has 1 saturated carbocycles. The van der Waals surface area contributed by atoms with Crippen LogP contribution in [0.15, 0.2) is 18.2 Å². The van der Waals surface area contributed by atoms with Gasteiger partial charge in [0.2, 0.25) is 5.91 Å². The van der Waals surface area contributed by atoms with Crippen LogP contribution < -0.4 is 10.1 Å². The number of nitrogens with zero attached hydrogens (tertiary/aromatic N) is 1. The number of carbonyl (C=O) groups is 1. The molecule has 1 aromatic carbocycles. The van der Waals surface area contributed by atoms with Gasteiger partial charge in [-0.1, -0.05) is 0 Å². The predicted molar refractivity (Wildman–Crippen MR) is 58.9 cm³/mol. The Hall–Kier alpha value is -2.09. The summed E-state index contributed by atoms with van der Waals surface area (Å²) >= 11 is 0. The van der Waals surface area contributed by atoms with Gasteiger partial charge in [-0.05, 0) is 25.0 Å². The third kappa shape index (κ3) is 2.07. The number of ether oxygens (including phenoxy) is 1. The lowest BCUT2D eigenvalue weighted by molar-refractivity contribution is -0.119. The van der Waals surface area contributed by atoms with Gasteiger partial charge in [-0.15, -0.1) is 0 Å². The van der Waals surface area contributed by atoms with Crippen molar-refractivity contribution in [2.45, 2.75) is 12.8 Å². The number of carbonyl (C=O) groups excluding carboxylic acids is 1. The molecule has 0 spiro atoms. The van der Waals surface area contributed by atoms with Crippen LogP contribution in [0.5, 0.6) is 5.75 Å². The zero-order chi connectivity index (χ0) is 12.5. The minimum absolute atomic E-state index is 0.243. The normalized spacial score (nSPS) is 15.8. The molecule has 0 atom stereocenters. The van der Waals surface area contributed by atoms with Crippen molar-refractivity contribution in [2.24, 2.45) is 5.41 Å². The summed E-state index contributed by atoms with van der Waals surface area (Å²) < 4.78 is 17.9. The van der Waals surface area contributed by atoms with Crippen LogP contribution in [0, 0.1) is 22.6 Å². The minimum atomic E-state index is -0.903. The molecule has 1 N–H and O–H groups in total. The largest absolute Gasteiger partial charge is 0.494 e. The zero-order valence-corrected chi connectivity index (χ0v) is 9.29. The Morgan fingerprint density at radius 1 is 1.59 bits per heavy atom. The molecule has 1 fully saturated rings. The predicted octanol–water partition coefficient (Wildman–Crippen LogP) is 2.08. The third-order valence-corrected chi connectivity index (χ3v) is 2.81. The molecule has 0 saturated heterocycles.